The van der Waals surface area contributed by atoms with Gasteiger partial charge in [-0.25, -0.2) is 4.79 Å². The molecule has 2 rings (SSSR count). The Balaban J connectivity index is 1.94. The Bertz CT molecular complexity index is 750. The van der Waals surface area contributed by atoms with Gasteiger partial charge in [0.1, 0.15) is 0 Å². The lowest BCUT2D eigenvalue weighted by Crippen LogP contribution is -2.21. The van der Waals surface area contributed by atoms with E-state index >= 15 is 0 Å². The number of aryl methyl sites for hydroxylation is 3. The summed E-state index contributed by atoms with van der Waals surface area (Å²) in [4.78, 5) is 24.0. The van der Waals surface area contributed by atoms with E-state index in [1.54, 1.807) is 12.1 Å². The van der Waals surface area contributed by atoms with Gasteiger partial charge in [-0.3, -0.25) is 4.79 Å². The molecule has 2 aromatic carbocycles. The molecule has 0 bridgehead atoms. The van der Waals surface area contributed by atoms with Gasteiger partial charge in [-0.2, -0.15) is 0 Å². The SMILES string of the molecule is Cc1ccc(NC(=O)COC(=O)c2cccc(C)c2C)cc1C. The minimum absolute atomic E-state index is 0.306. The second kappa shape index (κ2) is 7.09. The van der Waals surface area contributed by atoms with Crippen LogP contribution in [0.4, 0.5) is 5.69 Å². The molecule has 0 atom stereocenters. The highest BCUT2D eigenvalue weighted by Gasteiger charge is 2.13. The van der Waals surface area contributed by atoms with Gasteiger partial charge in [-0.05, 0) is 68.1 Å². The maximum Gasteiger partial charge on any atom is 0.338 e. The van der Waals surface area contributed by atoms with Crippen molar-refractivity contribution in [3.05, 3.63) is 64.2 Å². The molecule has 1 N–H and O–H groups in total. The summed E-state index contributed by atoms with van der Waals surface area (Å²) in [7, 11) is 0. The Labute approximate surface area is 136 Å². The molecule has 0 aliphatic heterocycles. The van der Waals surface area contributed by atoms with E-state index in [1.165, 1.54) is 0 Å². The number of hydrogen-bond acceptors (Lipinski definition) is 3. The van der Waals surface area contributed by atoms with Crippen LogP contribution in [-0.4, -0.2) is 18.5 Å². The number of nitrogens with one attached hydrogen (secondary N) is 1. The molecule has 1 amide bonds. The van der Waals surface area contributed by atoms with Gasteiger partial charge in [0.25, 0.3) is 5.91 Å². The molecule has 0 unspecified atom stereocenters. The van der Waals surface area contributed by atoms with E-state index < -0.39 is 5.97 Å². The van der Waals surface area contributed by atoms with Crippen molar-refractivity contribution in [3.8, 4) is 0 Å². The van der Waals surface area contributed by atoms with Gasteiger partial charge in [-0.1, -0.05) is 18.2 Å². The predicted octanol–water partition coefficient (Wildman–Crippen LogP) is 3.72. The normalized spacial score (nSPS) is 10.3. The maximum absolute atomic E-state index is 12.1. The Kier molecular flexibility index (Phi) is 5.16. The Morgan fingerprint density at radius 2 is 1.70 bits per heavy atom. The molecular formula is C19H21NO3. The van der Waals surface area contributed by atoms with Crippen molar-refractivity contribution in [1.29, 1.82) is 0 Å². The molecule has 4 heteroatoms. The third kappa shape index (κ3) is 4.19. The summed E-state index contributed by atoms with van der Waals surface area (Å²) < 4.78 is 5.10. The Morgan fingerprint density at radius 3 is 2.39 bits per heavy atom. The fraction of sp³-hybridized carbons (Fsp3) is 0.263. The third-order valence-corrected chi connectivity index (χ3v) is 3.95. The fourth-order valence-electron chi connectivity index (χ4n) is 2.20. The van der Waals surface area contributed by atoms with Crippen molar-refractivity contribution in [3.63, 3.8) is 0 Å². The number of hydrogen-bond donors (Lipinski definition) is 1. The van der Waals surface area contributed by atoms with Crippen molar-refractivity contribution in [1.82, 2.24) is 0 Å². The van der Waals surface area contributed by atoms with E-state index in [4.69, 9.17) is 4.74 Å². The zero-order valence-electron chi connectivity index (χ0n) is 13.9. The van der Waals surface area contributed by atoms with Gasteiger partial charge in [-0.15, -0.1) is 0 Å². The van der Waals surface area contributed by atoms with Crippen molar-refractivity contribution in [2.24, 2.45) is 0 Å². The van der Waals surface area contributed by atoms with Crippen LogP contribution in [0.1, 0.15) is 32.6 Å². The maximum atomic E-state index is 12.1. The first-order valence-electron chi connectivity index (χ1n) is 7.49. The van der Waals surface area contributed by atoms with E-state index in [0.29, 0.717) is 11.3 Å². The number of carbonyl (C=O) groups excluding carboxylic acids is 2. The summed E-state index contributed by atoms with van der Waals surface area (Å²) in [5.74, 6) is -0.839. The predicted molar refractivity (Wildman–Crippen MR) is 90.7 cm³/mol. The highest BCUT2D eigenvalue weighted by Crippen LogP contribution is 2.15. The number of esters is 1. The number of benzene rings is 2. The average Bonchev–Trinajstić information content (AvgIpc) is 2.51. The van der Waals surface area contributed by atoms with Crippen molar-refractivity contribution >= 4 is 17.6 Å². The molecule has 4 nitrogen and oxygen atoms in total. The monoisotopic (exact) mass is 311 g/mol. The zero-order chi connectivity index (χ0) is 17.0. The van der Waals surface area contributed by atoms with Gasteiger partial charge in [0.15, 0.2) is 6.61 Å². The number of amides is 1. The Morgan fingerprint density at radius 1 is 0.957 bits per heavy atom. The van der Waals surface area contributed by atoms with Crippen LogP contribution < -0.4 is 5.32 Å². The Hall–Kier alpha value is -2.62. The second-order valence-electron chi connectivity index (χ2n) is 5.67. The van der Waals surface area contributed by atoms with E-state index in [9.17, 15) is 9.59 Å². The summed E-state index contributed by atoms with van der Waals surface area (Å²) in [6.45, 7) is 7.47. The third-order valence-electron chi connectivity index (χ3n) is 3.95. The molecule has 2 aromatic rings. The number of ether oxygens (including phenoxy) is 1. The van der Waals surface area contributed by atoms with E-state index in [2.05, 4.69) is 5.32 Å². The summed E-state index contributed by atoms with van der Waals surface area (Å²) in [6, 6.07) is 11.1. The molecule has 0 saturated heterocycles. The van der Waals surface area contributed by atoms with Crippen LogP contribution in [0.5, 0.6) is 0 Å². The van der Waals surface area contributed by atoms with Gasteiger partial charge < -0.3 is 10.1 Å². The number of carbonyl (C=O) groups is 2. The van der Waals surface area contributed by atoms with E-state index in [0.717, 1.165) is 22.3 Å². The molecule has 120 valence electrons. The quantitative estimate of drug-likeness (QED) is 0.876. The van der Waals surface area contributed by atoms with Crippen molar-refractivity contribution < 1.29 is 14.3 Å². The summed E-state index contributed by atoms with van der Waals surface area (Å²) in [5.41, 5.74) is 5.32. The number of rotatable bonds is 4. The van der Waals surface area contributed by atoms with Crippen LogP contribution in [0, 0.1) is 27.7 Å². The molecule has 0 aromatic heterocycles. The lowest BCUT2D eigenvalue weighted by Gasteiger charge is -2.10. The van der Waals surface area contributed by atoms with Crippen LogP contribution in [0.3, 0.4) is 0 Å². The zero-order valence-corrected chi connectivity index (χ0v) is 13.9. The van der Waals surface area contributed by atoms with Gasteiger partial charge >= 0.3 is 5.97 Å². The highest BCUT2D eigenvalue weighted by atomic mass is 16.5. The fourth-order valence-corrected chi connectivity index (χ4v) is 2.20. The molecule has 0 saturated carbocycles. The minimum atomic E-state index is -0.485. The number of anilines is 1. The standard InChI is InChI=1S/C19H21NO3/c1-12-8-9-16(10-14(12)3)20-18(21)11-23-19(22)17-7-5-6-13(2)15(17)4/h5-10H,11H2,1-4H3,(H,20,21). The summed E-state index contributed by atoms with van der Waals surface area (Å²) >= 11 is 0. The average molecular weight is 311 g/mol. The van der Waals surface area contributed by atoms with E-state index in [1.807, 2.05) is 52.0 Å². The molecule has 0 heterocycles. The highest BCUT2D eigenvalue weighted by molar-refractivity contribution is 5.96. The van der Waals surface area contributed by atoms with E-state index in [-0.39, 0.29) is 12.5 Å². The van der Waals surface area contributed by atoms with Crippen LogP contribution in [-0.2, 0) is 9.53 Å². The second-order valence-corrected chi connectivity index (χ2v) is 5.67. The molecule has 0 aliphatic carbocycles. The largest absolute Gasteiger partial charge is 0.452 e. The lowest BCUT2D eigenvalue weighted by atomic mass is 10.0. The van der Waals surface area contributed by atoms with Gasteiger partial charge in [0.2, 0.25) is 0 Å². The lowest BCUT2D eigenvalue weighted by molar-refractivity contribution is -0.119. The molecule has 23 heavy (non-hydrogen) atoms. The van der Waals surface area contributed by atoms with Gasteiger partial charge in [0.05, 0.1) is 5.56 Å². The summed E-state index contributed by atoms with van der Waals surface area (Å²) in [6.07, 6.45) is 0. The molecule has 0 radical (unpaired) electrons. The molecule has 0 aliphatic rings. The smallest absolute Gasteiger partial charge is 0.338 e. The van der Waals surface area contributed by atoms with Crippen LogP contribution in [0.2, 0.25) is 0 Å². The topological polar surface area (TPSA) is 55.4 Å². The van der Waals surface area contributed by atoms with Crippen molar-refractivity contribution in [2.75, 3.05) is 11.9 Å². The van der Waals surface area contributed by atoms with Crippen molar-refractivity contribution in [2.45, 2.75) is 27.7 Å². The molecule has 0 fully saturated rings. The summed E-state index contributed by atoms with van der Waals surface area (Å²) in [5, 5.41) is 2.73. The van der Waals surface area contributed by atoms with Crippen LogP contribution >= 0.6 is 0 Å². The van der Waals surface area contributed by atoms with Crippen LogP contribution in [0.15, 0.2) is 36.4 Å². The first-order valence-corrected chi connectivity index (χ1v) is 7.49. The van der Waals surface area contributed by atoms with Crippen LogP contribution in [0.25, 0.3) is 0 Å². The van der Waals surface area contributed by atoms with Gasteiger partial charge in [0, 0.05) is 5.69 Å². The first kappa shape index (κ1) is 16.7. The first-order chi connectivity index (χ1) is 10.9. The molecular weight excluding hydrogens is 290 g/mol. The molecule has 0 spiro atoms. The minimum Gasteiger partial charge on any atom is -0.452 e.